The van der Waals surface area contributed by atoms with Crippen LogP contribution in [0.1, 0.15) is 45.6 Å². The number of unbranched alkanes of at least 4 members (excludes halogenated alkanes) is 1. The van der Waals surface area contributed by atoms with Gasteiger partial charge in [0.05, 0.1) is 23.6 Å². The number of aromatic nitrogens is 4. The molecule has 1 aromatic carbocycles. The Bertz CT molecular complexity index is 1500. The molecule has 2 heterocycles. The van der Waals surface area contributed by atoms with Crippen molar-refractivity contribution in [2.75, 3.05) is 5.32 Å². The Labute approximate surface area is 228 Å². The predicted octanol–water partition coefficient (Wildman–Crippen LogP) is 1.91. The summed E-state index contributed by atoms with van der Waals surface area (Å²) in [6.45, 7) is 1.45. The summed E-state index contributed by atoms with van der Waals surface area (Å²) in [6, 6.07) is 5.14. The van der Waals surface area contributed by atoms with Crippen molar-refractivity contribution in [3.8, 4) is 6.07 Å². The number of nitrogens with one attached hydrogen (secondary N) is 1. The number of benzene rings is 1. The van der Waals surface area contributed by atoms with Crippen LogP contribution in [0.2, 0.25) is 0 Å². The number of hydrogen-bond acceptors (Lipinski definition) is 7. The molecule has 0 bridgehead atoms. The number of alkyl halides is 3. The molecule has 14 heteroatoms. The maximum absolute atomic E-state index is 12.8. The van der Waals surface area contributed by atoms with E-state index in [9.17, 15) is 43.0 Å². The van der Waals surface area contributed by atoms with Gasteiger partial charge in [-0.05, 0) is 56.9 Å². The molecule has 0 spiro atoms. The van der Waals surface area contributed by atoms with Gasteiger partial charge in [-0.25, -0.2) is 9.78 Å². The summed E-state index contributed by atoms with van der Waals surface area (Å²) in [5.74, 6) is -2.69. The number of aliphatic hydroxyl groups is 1. The highest BCUT2D eigenvalue weighted by molar-refractivity contribution is 5.94. The number of amides is 1. The number of rotatable bonds is 10. The Morgan fingerprint density at radius 3 is 2.40 bits per heavy atom. The Morgan fingerprint density at radius 2 is 1.82 bits per heavy atom. The first-order valence-electron chi connectivity index (χ1n) is 12.0. The fourth-order valence-electron chi connectivity index (χ4n) is 4.30. The van der Waals surface area contributed by atoms with Crippen molar-refractivity contribution < 1.29 is 28.2 Å². The fraction of sp³-hybridized carbons (Fsp3) is 0.500. The lowest BCUT2D eigenvalue weighted by molar-refractivity contribution is -0.432. The van der Waals surface area contributed by atoms with E-state index in [2.05, 4.69) is 10.3 Å². The van der Waals surface area contributed by atoms with E-state index < -0.39 is 52.9 Å². The predicted molar refractivity (Wildman–Crippen MR) is 139 cm³/mol. The molecule has 0 aliphatic heterocycles. The molecule has 3 aromatic rings. The van der Waals surface area contributed by atoms with Crippen LogP contribution in [0.3, 0.4) is 0 Å². The van der Waals surface area contributed by atoms with Crippen LogP contribution in [0.4, 0.5) is 18.9 Å². The number of carbonyl (C=O) groups excluding carboxylic acids is 1. The van der Waals surface area contributed by atoms with Crippen molar-refractivity contribution in [3.63, 3.8) is 0 Å². The zero-order valence-corrected chi connectivity index (χ0v) is 21.5. The number of aryl methyl sites for hydroxylation is 2. The lowest BCUT2D eigenvalue weighted by Crippen LogP contribution is -2.45. The van der Waals surface area contributed by atoms with Crippen LogP contribution in [0.15, 0.2) is 40.2 Å². The summed E-state index contributed by atoms with van der Waals surface area (Å²) in [4.78, 5) is 41.9. The van der Waals surface area contributed by atoms with Crippen LogP contribution >= 0.6 is 0 Å². The molecule has 0 saturated carbocycles. The largest absolute Gasteiger partial charge is 0.851 e. The van der Waals surface area contributed by atoms with Crippen molar-refractivity contribution in [2.45, 2.75) is 64.5 Å². The highest BCUT2D eigenvalue weighted by atomic mass is 19.4. The molecule has 1 amide bonds. The molecule has 218 valence electrons. The van der Waals surface area contributed by atoms with E-state index in [1.54, 1.807) is 13.1 Å². The van der Waals surface area contributed by atoms with Crippen LogP contribution in [-0.2, 0) is 31.6 Å². The monoisotopic (exact) mass is 565 g/mol. The Balaban J connectivity index is 0.00000560. The molecule has 0 aliphatic carbocycles. The van der Waals surface area contributed by atoms with Gasteiger partial charge in [0.25, 0.3) is 5.56 Å². The molecule has 0 fully saturated rings. The molecule has 0 saturated heterocycles. The van der Waals surface area contributed by atoms with E-state index in [0.717, 1.165) is 28.8 Å². The van der Waals surface area contributed by atoms with Gasteiger partial charge in [0.1, 0.15) is 5.92 Å². The third-order valence-electron chi connectivity index (χ3n) is 6.46. The fourth-order valence-corrected chi connectivity index (χ4v) is 4.30. The van der Waals surface area contributed by atoms with Crippen LogP contribution in [0.5, 0.6) is 0 Å². The summed E-state index contributed by atoms with van der Waals surface area (Å²) < 4.78 is 42.0. The minimum atomic E-state index is -4.55. The minimum absolute atomic E-state index is 0. The molecule has 0 radical (unpaired) electrons. The number of nitriles is 1. The molecule has 40 heavy (non-hydrogen) atoms. The number of anilines is 1. The van der Waals surface area contributed by atoms with Crippen molar-refractivity contribution in [2.24, 2.45) is 20.0 Å². The highest BCUT2D eigenvalue weighted by Gasteiger charge is 2.31. The van der Waals surface area contributed by atoms with E-state index in [1.807, 2.05) is 0 Å². The van der Waals surface area contributed by atoms with E-state index >= 15 is 0 Å². The average molecular weight is 566 g/mol. The standard InChI is InChI=1S/C25H28F3N6O5.CH4/c1-24(39,10-4-5-11-34-22(37)19-20(30-14-32(19)2)33(3)23(34)38)12-18(35)17(13-29)21(36)31-16-8-6-15(7-9-16)25(26,27)28;/h6-9,14,17-18,39H,4-5,10-12H2,1-3H3,(H,31,36);1H4/q-1;. The number of imidazole rings is 1. The third-order valence-corrected chi connectivity index (χ3v) is 6.46. The van der Waals surface area contributed by atoms with E-state index in [0.29, 0.717) is 12.8 Å². The molecule has 11 nitrogen and oxygen atoms in total. The second-order valence-corrected chi connectivity index (χ2v) is 9.69. The first-order chi connectivity index (χ1) is 18.2. The van der Waals surface area contributed by atoms with Crippen LogP contribution in [0, 0.1) is 17.2 Å². The molecule has 3 atom stereocenters. The minimum Gasteiger partial charge on any atom is -0.851 e. The SMILES string of the molecule is C.Cn1cnc2c1c(=O)n(CCCCC(C)(O)CC([O-])C(C#N)C(=O)Nc1ccc(C(F)(F)F)cc1)c(=O)n2C. The number of halogens is 3. The van der Waals surface area contributed by atoms with Crippen molar-refractivity contribution in [1.29, 1.82) is 5.26 Å². The molecule has 2 N–H and O–H groups in total. The maximum Gasteiger partial charge on any atom is 0.416 e. The Kier molecular flexibility index (Phi) is 10.1. The van der Waals surface area contributed by atoms with Crippen molar-refractivity contribution in [3.05, 3.63) is 57.0 Å². The van der Waals surface area contributed by atoms with Gasteiger partial charge in [0, 0.05) is 26.3 Å². The Morgan fingerprint density at radius 1 is 1.20 bits per heavy atom. The third kappa shape index (κ3) is 7.16. The molecular formula is C26H32F3N6O5-. The van der Waals surface area contributed by atoms with Crippen LogP contribution < -0.4 is 21.7 Å². The summed E-state index contributed by atoms with van der Waals surface area (Å²) in [6.07, 6.45) is -4.64. The van der Waals surface area contributed by atoms with Gasteiger partial charge in [0.15, 0.2) is 11.2 Å². The van der Waals surface area contributed by atoms with E-state index in [-0.39, 0.29) is 37.2 Å². The zero-order valence-electron chi connectivity index (χ0n) is 21.5. The summed E-state index contributed by atoms with van der Waals surface area (Å²) in [5.41, 5.74) is -2.98. The number of hydrogen-bond donors (Lipinski definition) is 2. The lowest BCUT2D eigenvalue weighted by atomic mass is 9.87. The molecular weight excluding hydrogens is 533 g/mol. The summed E-state index contributed by atoms with van der Waals surface area (Å²) in [5, 5.41) is 35.1. The Hall–Kier alpha value is -3.96. The molecule has 3 unspecified atom stereocenters. The second kappa shape index (κ2) is 12.5. The normalized spacial score (nSPS) is 14.6. The zero-order chi connectivity index (χ0) is 29.1. The van der Waals surface area contributed by atoms with Gasteiger partial charge in [-0.3, -0.25) is 18.7 Å². The number of fused-ring (bicyclic) bond motifs is 1. The molecule has 3 rings (SSSR count). The van der Waals surface area contributed by atoms with Crippen LogP contribution in [0.25, 0.3) is 11.2 Å². The average Bonchev–Trinajstić information content (AvgIpc) is 3.23. The molecule has 2 aromatic heterocycles. The molecule has 0 aliphatic rings. The summed E-state index contributed by atoms with van der Waals surface area (Å²) in [7, 11) is 3.15. The quantitative estimate of drug-likeness (QED) is 0.355. The second-order valence-electron chi connectivity index (χ2n) is 9.69. The highest BCUT2D eigenvalue weighted by Crippen LogP contribution is 2.30. The van der Waals surface area contributed by atoms with Crippen LogP contribution in [-0.4, -0.2) is 41.4 Å². The van der Waals surface area contributed by atoms with E-state index in [1.165, 1.54) is 29.4 Å². The van der Waals surface area contributed by atoms with Crippen molar-refractivity contribution >= 4 is 22.8 Å². The van der Waals surface area contributed by atoms with Gasteiger partial charge >= 0.3 is 11.9 Å². The van der Waals surface area contributed by atoms with Crippen molar-refractivity contribution in [1.82, 2.24) is 18.7 Å². The summed E-state index contributed by atoms with van der Waals surface area (Å²) >= 11 is 0. The number of nitrogens with zero attached hydrogens (tertiary/aromatic N) is 5. The van der Waals surface area contributed by atoms with E-state index in [4.69, 9.17) is 0 Å². The lowest BCUT2D eigenvalue weighted by Gasteiger charge is -2.34. The smallest absolute Gasteiger partial charge is 0.416 e. The van der Waals surface area contributed by atoms with Gasteiger partial charge in [-0.1, -0.05) is 13.5 Å². The van der Waals surface area contributed by atoms with Gasteiger partial charge in [0.2, 0.25) is 5.91 Å². The maximum atomic E-state index is 12.8. The first kappa shape index (κ1) is 32.3. The van der Waals surface area contributed by atoms with Gasteiger partial charge in [-0.2, -0.15) is 18.4 Å². The number of carbonyl (C=O) groups is 1. The van der Waals surface area contributed by atoms with Gasteiger partial charge < -0.3 is 20.1 Å². The van der Waals surface area contributed by atoms with Gasteiger partial charge in [-0.15, -0.1) is 0 Å². The topological polar surface area (TPSA) is 158 Å². The first-order valence-corrected chi connectivity index (χ1v) is 12.0.